The van der Waals surface area contributed by atoms with Gasteiger partial charge in [0.05, 0.1) is 18.7 Å². The van der Waals surface area contributed by atoms with Crippen molar-refractivity contribution in [3.05, 3.63) is 12.4 Å². The van der Waals surface area contributed by atoms with Gasteiger partial charge in [-0.25, -0.2) is 9.98 Å². The minimum Gasteiger partial charge on any atom is -0.369 e. The SMILES string of the molecule is CN(C)C=Nc1nccnn1. The summed E-state index contributed by atoms with van der Waals surface area (Å²) in [5.41, 5.74) is 0. The highest BCUT2D eigenvalue weighted by atomic mass is 15.2. The topological polar surface area (TPSA) is 54.3 Å². The maximum Gasteiger partial charge on any atom is 0.270 e. The van der Waals surface area contributed by atoms with Gasteiger partial charge in [0.2, 0.25) is 0 Å². The van der Waals surface area contributed by atoms with Crippen LogP contribution >= 0.6 is 0 Å². The second kappa shape index (κ2) is 3.60. The molecule has 0 aromatic carbocycles. The Morgan fingerprint density at radius 3 is 2.82 bits per heavy atom. The summed E-state index contributed by atoms with van der Waals surface area (Å²) in [6.07, 6.45) is 4.68. The lowest BCUT2D eigenvalue weighted by Crippen LogP contribution is -2.07. The number of hydrogen-bond donors (Lipinski definition) is 0. The molecule has 0 atom stereocenters. The van der Waals surface area contributed by atoms with Crippen LogP contribution in [0.5, 0.6) is 0 Å². The van der Waals surface area contributed by atoms with Gasteiger partial charge in [-0.05, 0) is 0 Å². The highest BCUT2D eigenvalue weighted by Crippen LogP contribution is 1.95. The fraction of sp³-hybridized carbons (Fsp3) is 0.333. The molecule has 58 valence electrons. The monoisotopic (exact) mass is 151 g/mol. The van der Waals surface area contributed by atoms with Crippen LogP contribution in [-0.4, -0.2) is 40.5 Å². The van der Waals surface area contributed by atoms with Crippen molar-refractivity contribution >= 4 is 12.3 Å². The predicted octanol–water partition coefficient (Wildman–Crippen LogP) is 0.0930. The van der Waals surface area contributed by atoms with Crippen LogP contribution in [0.15, 0.2) is 17.4 Å². The minimum atomic E-state index is 0.376. The number of nitrogens with zero attached hydrogens (tertiary/aromatic N) is 5. The van der Waals surface area contributed by atoms with Gasteiger partial charge in [-0.15, -0.1) is 5.10 Å². The minimum absolute atomic E-state index is 0.376. The second-order valence-electron chi connectivity index (χ2n) is 2.15. The summed E-state index contributed by atoms with van der Waals surface area (Å²) in [5, 5.41) is 7.28. The Kier molecular flexibility index (Phi) is 2.48. The largest absolute Gasteiger partial charge is 0.369 e. The third-order valence-corrected chi connectivity index (χ3v) is 0.875. The van der Waals surface area contributed by atoms with Gasteiger partial charge in [0.25, 0.3) is 5.95 Å². The van der Waals surface area contributed by atoms with Gasteiger partial charge in [0.15, 0.2) is 0 Å². The van der Waals surface area contributed by atoms with E-state index in [2.05, 4.69) is 20.2 Å². The van der Waals surface area contributed by atoms with E-state index in [0.717, 1.165) is 0 Å². The van der Waals surface area contributed by atoms with Gasteiger partial charge < -0.3 is 4.90 Å². The van der Waals surface area contributed by atoms with E-state index in [0.29, 0.717) is 5.95 Å². The lowest BCUT2D eigenvalue weighted by Gasteiger charge is -2.00. The van der Waals surface area contributed by atoms with Crippen molar-refractivity contribution in [1.82, 2.24) is 20.1 Å². The Morgan fingerprint density at radius 1 is 1.45 bits per heavy atom. The Hall–Kier alpha value is -1.52. The van der Waals surface area contributed by atoms with Crippen LogP contribution in [0.1, 0.15) is 0 Å². The number of rotatable bonds is 2. The van der Waals surface area contributed by atoms with Crippen molar-refractivity contribution in [2.45, 2.75) is 0 Å². The summed E-state index contributed by atoms with van der Waals surface area (Å²) in [5.74, 6) is 0.376. The number of aromatic nitrogens is 3. The Balaban J connectivity index is 2.65. The summed E-state index contributed by atoms with van der Waals surface area (Å²) in [4.78, 5) is 9.58. The molecule has 0 saturated heterocycles. The highest BCUT2D eigenvalue weighted by Gasteiger charge is 1.86. The number of hydrogen-bond acceptors (Lipinski definition) is 4. The van der Waals surface area contributed by atoms with Crippen molar-refractivity contribution in [1.29, 1.82) is 0 Å². The van der Waals surface area contributed by atoms with Gasteiger partial charge in [0.1, 0.15) is 0 Å². The highest BCUT2D eigenvalue weighted by molar-refractivity contribution is 5.57. The first kappa shape index (κ1) is 7.59. The quantitative estimate of drug-likeness (QED) is 0.444. The first-order valence-corrected chi connectivity index (χ1v) is 3.13. The maximum absolute atomic E-state index is 3.92. The molecule has 1 aromatic rings. The third kappa shape index (κ3) is 2.70. The Labute approximate surface area is 64.8 Å². The van der Waals surface area contributed by atoms with E-state index < -0.39 is 0 Å². The first-order chi connectivity index (χ1) is 5.29. The summed E-state index contributed by atoms with van der Waals surface area (Å²) in [6, 6.07) is 0. The third-order valence-electron chi connectivity index (χ3n) is 0.875. The van der Waals surface area contributed by atoms with Gasteiger partial charge in [-0.2, -0.15) is 5.10 Å². The van der Waals surface area contributed by atoms with Gasteiger partial charge in [0, 0.05) is 14.1 Å². The maximum atomic E-state index is 3.92. The van der Waals surface area contributed by atoms with Crippen molar-refractivity contribution < 1.29 is 0 Å². The molecule has 1 aromatic heterocycles. The molecule has 0 spiro atoms. The van der Waals surface area contributed by atoms with Crippen LogP contribution in [0.25, 0.3) is 0 Å². The zero-order valence-corrected chi connectivity index (χ0v) is 6.47. The van der Waals surface area contributed by atoms with E-state index in [1.165, 1.54) is 6.20 Å². The van der Waals surface area contributed by atoms with E-state index in [9.17, 15) is 0 Å². The van der Waals surface area contributed by atoms with Crippen molar-refractivity contribution in [3.8, 4) is 0 Å². The molecule has 1 rings (SSSR count). The van der Waals surface area contributed by atoms with E-state index in [1.54, 1.807) is 17.4 Å². The molecule has 0 bridgehead atoms. The molecular weight excluding hydrogens is 142 g/mol. The van der Waals surface area contributed by atoms with E-state index in [-0.39, 0.29) is 0 Å². The Morgan fingerprint density at radius 2 is 2.27 bits per heavy atom. The van der Waals surface area contributed by atoms with Crippen LogP contribution in [-0.2, 0) is 0 Å². The van der Waals surface area contributed by atoms with E-state index in [4.69, 9.17) is 0 Å². The molecule has 0 amide bonds. The summed E-state index contributed by atoms with van der Waals surface area (Å²) in [6.45, 7) is 0. The summed E-state index contributed by atoms with van der Waals surface area (Å²) < 4.78 is 0. The van der Waals surface area contributed by atoms with E-state index in [1.807, 2.05) is 14.1 Å². The lowest BCUT2D eigenvalue weighted by molar-refractivity contribution is 0.642. The number of aliphatic imine (C=N–C) groups is 1. The van der Waals surface area contributed by atoms with E-state index >= 15 is 0 Å². The van der Waals surface area contributed by atoms with Gasteiger partial charge in [-0.3, -0.25) is 0 Å². The van der Waals surface area contributed by atoms with Crippen molar-refractivity contribution in [2.75, 3.05) is 14.1 Å². The van der Waals surface area contributed by atoms with Crippen LogP contribution < -0.4 is 0 Å². The average molecular weight is 151 g/mol. The van der Waals surface area contributed by atoms with Crippen LogP contribution in [0, 0.1) is 0 Å². The standard InChI is InChI=1S/C6H9N5/c1-11(2)5-8-6-7-3-4-9-10-6/h3-5H,1-2H3. The summed E-state index contributed by atoms with van der Waals surface area (Å²) in [7, 11) is 3.75. The molecule has 0 unspecified atom stereocenters. The normalized spacial score (nSPS) is 10.4. The molecule has 1 heterocycles. The molecular formula is C6H9N5. The first-order valence-electron chi connectivity index (χ1n) is 3.13. The zero-order chi connectivity index (χ0) is 8.10. The van der Waals surface area contributed by atoms with Gasteiger partial charge in [-0.1, -0.05) is 0 Å². The molecule has 0 saturated carbocycles. The fourth-order valence-electron chi connectivity index (χ4n) is 0.467. The molecule has 0 fully saturated rings. The molecule has 0 N–H and O–H groups in total. The molecule has 0 aliphatic rings. The fourth-order valence-corrected chi connectivity index (χ4v) is 0.467. The van der Waals surface area contributed by atoms with Crippen LogP contribution in [0.3, 0.4) is 0 Å². The Bertz CT molecular complexity index is 230. The average Bonchev–Trinajstić information content (AvgIpc) is 2.03. The predicted molar refractivity (Wildman–Crippen MR) is 41.7 cm³/mol. The van der Waals surface area contributed by atoms with Crippen molar-refractivity contribution in [3.63, 3.8) is 0 Å². The molecule has 11 heavy (non-hydrogen) atoms. The molecule has 0 aliphatic carbocycles. The molecule has 5 nitrogen and oxygen atoms in total. The van der Waals surface area contributed by atoms with Crippen LogP contribution in [0.4, 0.5) is 5.95 Å². The molecule has 0 radical (unpaired) electrons. The van der Waals surface area contributed by atoms with Gasteiger partial charge >= 0.3 is 0 Å². The van der Waals surface area contributed by atoms with Crippen molar-refractivity contribution in [2.24, 2.45) is 4.99 Å². The lowest BCUT2D eigenvalue weighted by atomic mass is 10.8. The molecule has 0 aliphatic heterocycles. The second-order valence-corrected chi connectivity index (χ2v) is 2.15. The zero-order valence-electron chi connectivity index (χ0n) is 6.47. The smallest absolute Gasteiger partial charge is 0.270 e. The van der Waals surface area contributed by atoms with Crippen LogP contribution in [0.2, 0.25) is 0 Å². The molecule has 5 heteroatoms. The summed E-state index contributed by atoms with van der Waals surface area (Å²) >= 11 is 0.